The second kappa shape index (κ2) is 8.49. The van der Waals surface area contributed by atoms with Crippen molar-refractivity contribution in [2.75, 3.05) is 19.7 Å². The first-order valence-corrected chi connectivity index (χ1v) is 8.75. The number of rotatable bonds is 6. The van der Waals surface area contributed by atoms with Gasteiger partial charge in [0.1, 0.15) is 5.75 Å². The molecule has 1 saturated heterocycles. The van der Waals surface area contributed by atoms with Gasteiger partial charge in [-0.3, -0.25) is 4.79 Å². The summed E-state index contributed by atoms with van der Waals surface area (Å²) in [7, 11) is 0. The Balaban J connectivity index is 2.15. The van der Waals surface area contributed by atoms with Crippen LogP contribution in [0.1, 0.15) is 31.9 Å². The molecule has 1 aromatic rings. The predicted molar refractivity (Wildman–Crippen MR) is 91.4 cm³/mol. The van der Waals surface area contributed by atoms with E-state index in [-0.39, 0.29) is 0 Å². The molecule has 3 atom stereocenters. The highest BCUT2D eigenvalue weighted by atomic mass is 19.4. The number of para-hydroxylation sites is 1. The fraction of sp³-hybridized carbons (Fsp3) is 0.556. The normalized spacial score (nSPS) is 21.0. The number of hydrogen-bond donors (Lipinski definition) is 2. The second-order valence-corrected chi connectivity index (χ2v) is 6.38. The van der Waals surface area contributed by atoms with Gasteiger partial charge in [-0.15, -0.1) is 0 Å². The molecule has 1 fully saturated rings. The SMILES string of the molecule is CCOc1ccccc1C(CC)NC(=O)N1C[C@@H](C(F)(F)F)[C@H](C(=O)O)C1. The van der Waals surface area contributed by atoms with Gasteiger partial charge >= 0.3 is 18.2 Å². The molecule has 0 radical (unpaired) electrons. The number of carbonyl (C=O) groups is 2. The number of urea groups is 1. The van der Waals surface area contributed by atoms with Crippen molar-refractivity contribution in [1.82, 2.24) is 10.2 Å². The number of likely N-dealkylation sites (tertiary alicyclic amines) is 1. The molecule has 1 heterocycles. The van der Waals surface area contributed by atoms with Crippen molar-refractivity contribution in [3.8, 4) is 5.75 Å². The summed E-state index contributed by atoms with van der Waals surface area (Å²) in [6, 6.07) is 5.92. The van der Waals surface area contributed by atoms with Crippen molar-refractivity contribution >= 4 is 12.0 Å². The highest BCUT2D eigenvalue weighted by molar-refractivity contribution is 5.78. The Morgan fingerprint density at radius 3 is 2.48 bits per heavy atom. The number of carboxylic acids is 1. The zero-order chi connectivity index (χ0) is 20.2. The lowest BCUT2D eigenvalue weighted by Gasteiger charge is -2.24. The number of hydrogen-bond acceptors (Lipinski definition) is 3. The van der Waals surface area contributed by atoms with Gasteiger partial charge in [0, 0.05) is 18.7 Å². The molecule has 9 heteroatoms. The molecule has 6 nitrogen and oxygen atoms in total. The summed E-state index contributed by atoms with van der Waals surface area (Å²) in [6.45, 7) is 2.94. The fourth-order valence-electron chi connectivity index (χ4n) is 3.25. The van der Waals surface area contributed by atoms with Crippen LogP contribution >= 0.6 is 0 Å². The molecule has 1 aromatic carbocycles. The van der Waals surface area contributed by atoms with Crippen LogP contribution in [0, 0.1) is 11.8 Å². The summed E-state index contributed by atoms with van der Waals surface area (Å²) in [5, 5.41) is 11.8. The summed E-state index contributed by atoms with van der Waals surface area (Å²) in [5.74, 6) is -4.70. The quantitative estimate of drug-likeness (QED) is 0.783. The Morgan fingerprint density at radius 1 is 1.30 bits per heavy atom. The predicted octanol–water partition coefficient (Wildman–Crippen LogP) is 3.44. The van der Waals surface area contributed by atoms with E-state index < -0.39 is 49.1 Å². The van der Waals surface area contributed by atoms with Crippen LogP contribution in [0.2, 0.25) is 0 Å². The van der Waals surface area contributed by atoms with Crippen LogP contribution in [-0.4, -0.2) is 47.9 Å². The van der Waals surface area contributed by atoms with Gasteiger partial charge in [-0.25, -0.2) is 4.79 Å². The highest BCUT2D eigenvalue weighted by Crippen LogP contribution is 2.38. The molecule has 1 aliphatic rings. The van der Waals surface area contributed by atoms with E-state index in [0.717, 1.165) is 10.5 Å². The van der Waals surface area contributed by atoms with Crippen LogP contribution < -0.4 is 10.1 Å². The molecule has 2 rings (SSSR count). The Labute approximate surface area is 155 Å². The lowest BCUT2D eigenvalue weighted by molar-refractivity contribution is -0.187. The van der Waals surface area contributed by atoms with Gasteiger partial charge in [-0.2, -0.15) is 13.2 Å². The Kier molecular flexibility index (Phi) is 6.56. The molecule has 1 unspecified atom stereocenters. The van der Waals surface area contributed by atoms with E-state index >= 15 is 0 Å². The van der Waals surface area contributed by atoms with Crippen molar-refractivity contribution < 1.29 is 32.6 Å². The lowest BCUT2D eigenvalue weighted by Crippen LogP contribution is -2.41. The second-order valence-electron chi connectivity index (χ2n) is 6.38. The molecule has 0 saturated carbocycles. The summed E-state index contributed by atoms with van der Waals surface area (Å²) in [6.07, 6.45) is -4.18. The molecule has 150 valence electrons. The standard InChI is InChI=1S/C18H23F3N2O4/c1-3-14(11-7-5-6-8-15(11)27-4-2)22-17(26)23-9-12(16(24)25)13(10-23)18(19,20)21/h5-8,12-14H,3-4,9-10H2,1-2H3,(H,22,26)(H,24,25)/t12-,13-,14?/m1/s1. The zero-order valence-corrected chi connectivity index (χ0v) is 15.1. The third-order valence-corrected chi connectivity index (χ3v) is 4.64. The van der Waals surface area contributed by atoms with E-state index in [1.165, 1.54) is 0 Å². The van der Waals surface area contributed by atoms with Gasteiger partial charge in [0.15, 0.2) is 0 Å². The number of nitrogens with zero attached hydrogens (tertiary/aromatic N) is 1. The van der Waals surface area contributed by atoms with Crippen LogP contribution in [0.25, 0.3) is 0 Å². The number of aliphatic carboxylic acids is 1. The van der Waals surface area contributed by atoms with Crippen LogP contribution in [0.5, 0.6) is 5.75 Å². The van der Waals surface area contributed by atoms with Crippen molar-refractivity contribution in [3.63, 3.8) is 0 Å². The Morgan fingerprint density at radius 2 is 1.96 bits per heavy atom. The lowest BCUT2D eigenvalue weighted by atomic mass is 9.96. The average Bonchev–Trinajstić information content (AvgIpc) is 3.07. The Hall–Kier alpha value is -2.45. The molecule has 1 aliphatic heterocycles. The maximum absolute atomic E-state index is 13.1. The van der Waals surface area contributed by atoms with Gasteiger partial charge in [0.2, 0.25) is 0 Å². The number of alkyl halides is 3. The summed E-state index contributed by atoms with van der Waals surface area (Å²) < 4.78 is 44.8. The van der Waals surface area contributed by atoms with Crippen LogP contribution in [0.4, 0.5) is 18.0 Å². The molecular formula is C18H23F3N2O4. The first-order chi connectivity index (χ1) is 12.7. The van der Waals surface area contributed by atoms with Crippen LogP contribution in [-0.2, 0) is 4.79 Å². The number of carbonyl (C=O) groups excluding carboxylic acids is 1. The molecule has 2 N–H and O–H groups in total. The third kappa shape index (κ3) is 4.84. The topological polar surface area (TPSA) is 78.9 Å². The monoisotopic (exact) mass is 388 g/mol. The van der Waals surface area contributed by atoms with Gasteiger partial charge in [-0.1, -0.05) is 25.1 Å². The van der Waals surface area contributed by atoms with Gasteiger partial charge < -0.3 is 20.1 Å². The molecule has 0 aliphatic carbocycles. The minimum Gasteiger partial charge on any atom is -0.494 e. The summed E-state index contributed by atoms with van der Waals surface area (Å²) in [4.78, 5) is 24.6. The molecule has 2 amide bonds. The summed E-state index contributed by atoms with van der Waals surface area (Å²) >= 11 is 0. The van der Waals surface area contributed by atoms with E-state index in [0.29, 0.717) is 18.8 Å². The van der Waals surface area contributed by atoms with Gasteiger partial charge in [-0.05, 0) is 19.4 Å². The number of ether oxygens (including phenoxy) is 1. The number of nitrogens with one attached hydrogen (secondary N) is 1. The molecular weight excluding hydrogens is 365 g/mol. The van der Waals surface area contributed by atoms with Gasteiger partial charge in [0.05, 0.1) is 24.5 Å². The van der Waals surface area contributed by atoms with E-state index in [1.807, 2.05) is 13.8 Å². The number of benzene rings is 1. The minimum atomic E-state index is -4.68. The number of amides is 2. The molecule has 0 spiro atoms. The molecule has 0 aromatic heterocycles. The van der Waals surface area contributed by atoms with Crippen molar-refractivity contribution in [2.45, 2.75) is 32.5 Å². The molecule has 0 bridgehead atoms. The maximum Gasteiger partial charge on any atom is 0.394 e. The van der Waals surface area contributed by atoms with Crippen LogP contribution in [0.3, 0.4) is 0 Å². The largest absolute Gasteiger partial charge is 0.494 e. The van der Waals surface area contributed by atoms with E-state index in [2.05, 4.69) is 5.32 Å². The van der Waals surface area contributed by atoms with Gasteiger partial charge in [0.25, 0.3) is 0 Å². The van der Waals surface area contributed by atoms with Crippen molar-refractivity contribution in [1.29, 1.82) is 0 Å². The molecule has 27 heavy (non-hydrogen) atoms. The number of halogens is 3. The van der Waals surface area contributed by atoms with E-state index in [1.54, 1.807) is 24.3 Å². The fourth-order valence-corrected chi connectivity index (χ4v) is 3.25. The average molecular weight is 388 g/mol. The highest BCUT2D eigenvalue weighted by Gasteiger charge is 2.53. The Bertz CT molecular complexity index is 681. The first kappa shape index (κ1) is 20.9. The maximum atomic E-state index is 13.1. The third-order valence-electron chi connectivity index (χ3n) is 4.64. The van der Waals surface area contributed by atoms with E-state index in [9.17, 15) is 22.8 Å². The van der Waals surface area contributed by atoms with Crippen molar-refractivity contribution in [3.05, 3.63) is 29.8 Å². The summed E-state index contributed by atoms with van der Waals surface area (Å²) in [5.41, 5.74) is 0.719. The minimum absolute atomic E-state index is 0.432. The van der Waals surface area contributed by atoms with Crippen molar-refractivity contribution in [2.24, 2.45) is 11.8 Å². The first-order valence-electron chi connectivity index (χ1n) is 8.75. The van der Waals surface area contributed by atoms with E-state index in [4.69, 9.17) is 9.84 Å². The van der Waals surface area contributed by atoms with Crippen LogP contribution in [0.15, 0.2) is 24.3 Å². The smallest absolute Gasteiger partial charge is 0.394 e. The zero-order valence-electron chi connectivity index (χ0n) is 15.1. The number of carboxylic acid groups (broad SMARTS) is 1.